The number of likely N-dealkylation sites (tertiary alicyclic amines) is 1. The Hall–Kier alpha value is -0.380. The highest BCUT2D eigenvalue weighted by atomic mass is 32.1. The normalized spacial score (nSPS) is 29.7. The van der Waals surface area contributed by atoms with Crippen LogP contribution in [0, 0.1) is 0 Å². The maximum Gasteiger partial charge on any atom is 0.0675 e. The molecule has 1 fully saturated rings. The van der Waals surface area contributed by atoms with Crippen LogP contribution in [0.2, 0.25) is 0 Å². The average Bonchev–Trinajstić information content (AvgIpc) is 2.73. The highest BCUT2D eigenvalue weighted by Gasteiger charge is 2.39. The van der Waals surface area contributed by atoms with E-state index in [9.17, 15) is 0 Å². The zero-order chi connectivity index (χ0) is 9.31. The quantitative estimate of drug-likeness (QED) is 0.779. The van der Waals surface area contributed by atoms with Gasteiger partial charge in [0.25, 0.3) is 0 Å². The molecule has 0 aliphatic carbocycles. The summed E-state index contributed by atoms with van der Waals surface area (Å²) in [7, 11) is 2.18. The minimum Gasteiger partial charge on any atom is -0.328 e. The van der Waals surface area contributed by atoms with Crippen molar-refractivity contribution in [3.63, 3.8) is 0 Å². The molecular weight excluding hydrogens is 180 g/mol. The summed E-state index contributed by atoms with van der Waals surface area (Å²) in [6.45, 7) is 1.92. The molecule has 1 aromatic heterocycles. The molecule has 72 valence electrons. The van der Waals surface area contributed by atoms with Crippen molar-refractivity contribution in [1.29, 1.82) is 0 Å². The lowest BCUT2D eigenvalue weighted by Crippen LogP contribution is -2.44. The van der Waals surface area contributed by atoms with Gasteiger partial charge in [0.1, 0.15) is 0 Å². The molecule has 2 N–H and O–H groups in total. The SMILES string of the molecule is CN1CCCC1(CN)c1cccs1. The van der Waals surface area contributed by atoms with E-state index in [0.29, 0.717) is 0 Å². The number of thiophene rings is 1. The first-order valence-corrected chi connectivity index (χ1v) is 5.63. The van der Waals surface area contributed by atoms with Crippen LogP contribution < -0.4 is 5.73 Å². The smallest absolute Gasteiger partial charge is 0.0675 e. The second-order valence-corrected chi connectivity index (χ2v) is 4.69. The van der Waals surface area contributed by atoms with Crippen molar-refractivity contribution in [2.45, 2.75) is 18.4 Å². The van der Waals surface area contributed by atoms with Gasteiger partial charge in [0.15, 0.2) is 0 Å². The fourth-order valence-electron chi connectivity index (χ4n) is 2.23. The number of likely N-dealkylation sites (N-methyl/N-ethyl adjacent to an activating group) is 1. The van der Waals surface area contributed by atoms with Gasteiger partial charge in [-0.05, 0) is 37.9 Å². The molecule has 1 atom stereocenters. The molecule has 1 aromatic rings. The first-order valence-electron chi connectivity index (χ1n) is 4.75. The molecule has 0 spiro atoms. The van der Waals surface area contributed by atoms with E-state index < -0.39 is 0 Å². The second kappa shape index (κ2) is 3.40. The molecule has 1 unspecified atom stereocenters. The molecule has 2 nitrogen and oxygen atoms in total. The van der Waals surface area contributed by atoms with Crippen LogP contribution in [-0.2, 0) is 5.54 Å². The Kier molecular flexibility index (Phi) is 2.41. The Balaban J connectivity index is 2.35. The van der Waals surface area contributed by atoms with Gasteiger partial charge in [-0.25, -0.2) is 0 Å². The number of rotatable bonds is 2. The fraction of sp³-hybridized carbons (Fsp3) is 0.600. The highest BCUT2D eigenvalue weighted by molar-refractivity contribution is 7.10. The summed E-state index contributed by atoms with van der Waals surface area (Å²) in [6, 6.07) is 4.32. The van der Waals surface area contributed by atoms with Crippen LogP contribution in [0.4, 0.5) is 0 Å². The van der Waals surface area contributed by atoms with Crippen LogP contribution in [0.25, 0.3) is 0 Å². The summed E-state index contributed by atoms with van der Waals surface area (Å²) in [4.78, 5) is 3.83. The highest BCUT2D eigenvalue weighted by Crippen LogP contribution is 2.38. The van der Waals surface area contributed by atoms with Crippen molar-refractivity contribution in [3.05, 3.63) is 22.4 Å². The van der Waals surface area contributed by atoms with E-state index in [2.05, 4.69) is 29.5 Å². The van der Waals surface area contributed by atoms with Gasteiger partial charge in [0.05, 0.1) is 5.54 Å². The molecule has 0 aromatic carbocycles. The van der Waals surface area contributed by atoms with E-state index in [1.54, 1.807) is 0 Å². The third-order valence-electron chi connectivity index (χ3n) is 3.13. The predicted octanol–water partition coefficient (Wildman–Crippen LogP) is 1.63. The first kappa shape index (κ1) is 9.19. The third-order valence-corrected chi connectivity index (χ3v) is 4.20. The largest absolute Gasteiger partial charge is 0.328 e. The Morgan fingerprint density at radius 3 is 3.00 bits per heavy atom. The van der Waals surface area contributed by atoms with Crippen LogP contribution in [0.5, 0.6) is 0 Å². The van der Waals surface area contributed by atoms with E-state index in [1.807, 2.05) is 11.3 Å². The summed E-state index contributed by atoms with van der Waals surface area (Å²) < 4.78 is 0. The number of hydrogen-bond donors (Lipinski definition) is 1. The summed E-state index contributed by atoms with van der Waals surface area (Å²) >= 11 is 1.83. The van der Waals surface area contributed by atoms with Gasteiger partial charge in [-0.3, -0.25) is 4.90 Å². The molecule has 2 rings (SSSR count). The molecular formula is C10H16N2S. The minimum absolute atomic E-state index is 0.147. The van der Waals surface area contributed by atoms with Crippen LogP contribution in [0.15, 0.2) is 17.5 Å². The van der Waals surface area contributed by atoms with Crippen molar-refractivity contribution in [1.82, 2.24) is 4.90 Å². The Morgan fingerprint density at radius 2 is 2.54 bits per heavy atom. The van der Waals surface area contributed by atoms with E-state index in [-0.39, 0.29) is 5.54 Å². The van der Waals surface area contributed by atoms with E-state index in [0.717, 1.165) is 6.54 Å². The maximum absolute atomic E-state index is 5.92. The van der Waals surface area contributed by atoms with Crippen molar-refractivity contribution < 1.29 is 0 Å². The number of hydrogen-bond acceptors (Lipinski definition) is 3. The monoisotopic (exact) mass is 196 g/mol. The van der Waals surface area contributed by atoms with Gasteiger partial charge in [-0.15, -0.1) is 11.3 Å². The molecule has 1 aliphatic heterocycles. The molecule has 3 heteroatoms. The Labute approximate surface area is 83.4 Å². The molecule has 0 radical (unpaired) electrons. The molecule has 1 aliphatic rings. The van der Waals surface area contributed by atoms with Gasteiger partial charge in [-0.1, -0.05) is 6.07 Å². The van der Waals surface area contributed by atoms with Crippen LogP contribution in [-0.4, -0.2) is 25.0 Å². The summed E-state index contributed by atoms with van der Waals surface area (Å²) in [5.41, 5.74) is 6.06. The molecule has 0 saturated carbocycles. The number of nitrogens with two attached hydrogens (primary N) is 1. The predicted molar refractivity (Wildman–Crippen MR) is 56.9 cm³/mol. The third kappa shape index (κ3) is 1.31. The molecule has 0 amide bonds. The zero-order valence-corrected chi connectivity index (χ0v) is 8.81. The Bertz CT molecular complexity index is 270. The van der Waals surface area contributed by atoms with Crippen LogP contribution >= 0.6 is 11.3 Å². The maximum atomic E-state index is 5.92. The van der Waals surface area contributed by atoms with Gasteiger partial charge < -0.3 is 5.73 Å². The molecule has 2 heterocycles. The fourth-order valence-corrected chi connectivity index (χ4v) is 3.25. The Morgan fingerprint density at radius 1 is 1.69 bits per heavy atom. The van der Waals surface area contributed by atoms with Gasteiger partial charge in [0.2, 0.25) is 0 Å². The van der Waals surface area contributed by atoms with Crippen LogP contribution in [0.1, 0.15) is 17.7 Å². The van der Waals surface area contributed by atoms with Crippen molar-refractivity contribution in [2.75, 3.05) is 20.1 Å². The molecule has 0 bridgehead atoms. The minimum atomic E-state index is 0.147. The number of nitrogens with zero attached hydrogens (tertiary/aromatic N) is 1. The van der Waals surface area contributed by atoms with E-state index >= 15 is 0 Å². The lowest BCUT2D eigenvalue weighted by molar-refractivity contribution is 0.187. The van der Waals surface area contributed by atoms with Gasteiger partial charge in [0, 0.05) is 11.4 Å². The van der Waals surface area contributed by atoms with Gasteiger partial charge in [-0.2, -0.15) is 0 Å². The lowest BCUT2D eigenvalue weighted by atomic mass is 9.94. The average molecular weight is 196 g/mol. The summed E-state index contributed by atoms with van der Waals surface area (Å²) in [6.07, 6.45) is 2.48. The summed E-state index contributed by atoms with van der Waals surface area (Å²) in [5, 5.41) is 2.14. The zero-order valence-electron chi connectivity index (χ0n) is 7.99. The standard InChI is InChI=1S/C10H16N2S/c1-12-6-3-5-10(12,8-11)9-4-2-7-13-9/h2,4,7H,3,5-6,8,11H2,1H3. The van der Waals surface area contributed by atoms with E-state index in [1.165, 1.54) is 24.3 Å². The van der Waals surface area contributed by atoms with Crippen molar-refractivity contribution >= 4 is 11.3 Å². The topological polar surface area (TPSA) is 29.3 Å². The summed E-state index contributed by atoms with van der Waals surface area (Å²) in [5.74, 6) is 0. The molecule has 13 heavy (non-hydrogen) atoms. The second-order valence-electron chi connectivity index (χ2n) is 3.74. The van der Waals surface area contributed by atoms with Crippen molar-refractivity contribution in [2.24, 2.45) is 5.73 Å². The molecule has 1 saturated heterocycles. The van der Waals surface area contributed by atoms with Crippen molar-refractivity contribution in [3.8, 4) is 0 Å². The van der Waals surface area contributed by atoms with Gasteiger partial charge >= 0.3 is 0 Å². The van der Waals surface area contributed by atoms with E-state index in [4.69, 9.17) is 5.73 Å². The first-order chi connectivity index (χ1) is 6.29. The lowest BCUT2D eigenvalue weighted by Gasteiger charge is -2.34. The van der Waals surface area contributed by atoms with Crippen LogP contribution in [0.3, 0.4) is 0 Å².